The molecule has 3 rings (SSSR count). The van der Waals surface area contributed by atoms with E-state index in [1.165, 1.54) is 0 Å². The van der Waals surface area contributed by atoms with Crippen molar-refractivity contribution in [1.82, 2.24) is 4.90 Å². The van der Waals surface area contributed by atoms with E-state index in [1.807, 2.05) is 55.2 Å². The third kappa shape index (κ3) is 4.71. The molecule has 2 aliphatic heterocycles. The molecule has 1 amide bonds. The van der Waals surface area contributed by atoms with Gasteiger partial charge >= 0.3 is 0 Å². The number of rotatable bonds is 3. The Balaban J connectivity index is 0.000000774. The first-order valence-corrected chi connectivity index (χ1v) is 7.96. The topological polar surface area (TPSA) is 32.8 Å². The van der Waals surface area contributed by atoms with E-state index in [2.05, 4.69) is 0 Å². The average Bonchev–Trinajstić information content (AvgIpc) is 3.41. The molecule has 114 valence electrons. The molecule has 2 heterocycles. The third-order valence-electron chi connectivity index (χ3n) is 3.95. The van der Waals surface area contributed by atoms with Crippen LogP contribution in [0.5, 0.6) is 0 Å². The number of piperidine rings is 1. The van der Waals surface area contributed by atoms with Gasteiger partial charge in [0, 0.05) is 19.2 Å². The number of carbonyl (C=O) groups excluding carboxylic acids is 1. The zero-order chi connectivity index (χ0) is 15.1. The number of ether oxygens (including phenoxy) is 1. The Hall–Kier alpha value is -1.61. The highest BCUT2D eigenvalue weighted by Gasteiger charge is 2.35. The molecule has 0 spiro atoms. The van der Waals surface area contributed by atoms with Gasteiger partial charge in [-0.3, -0.25) is 4.79 Å². The summed E-state index contributed by atoms with van der Waals surface area (Å²) in [7, 11) is 0. The monoisotopic (exact) mass is 287 g/mol. The summed E-state index contributed by atoms with van der Waals surface area (Å²) in [6.07, 6.45) is 6.21. The number of carbonyl (C=O) groups is 1. The van der Waals surface area contributed by atoms with Gasteiger partial charge in [-0.1, -0.05) is 44.2 Å². The molecular formula is C18H25NO2. The second-order valence-electron chi connectivity index (χ2n) is 5.28. The number of epoxide rings is 1. The van der Waals surface area contributed by atoms with Crippen LogP contribution >= 0.6 is 0 Å². The minimum atomic E-state index is 0.124. The van der Waals surface area contributed by atoms with Gasteiger partial charge in [0.05, 0.1) is 12.7 Å². The van der Waals surface area contributed by atoms with Crippen LogP contribution < -0.4 is 0 Å². The summed E-state index contributed by atoms with van der Waals surface area (Å²) in [6.45, 7) is 6.65. The van der Waals surface area contributed by atoms with Gasteiger partial charge < -0.3 is 9.64 Å². The Morgan fingerprint density at radius 1 is 1.19 bits per heavy atom. The minimum Gasteiger partial charge on any atom is -0.373 e. The Bertz CT molecular complexity index is 457. The predicted molar refractivity (Wildman–Crippen MR) is 85.9 cm³/mol. The second kappa shape index (κ2) is 7.99. The number of benzene rings is 1. The van der Waals surface area contributed by atoms with E-state index in [0.717, 1.165) is 38.1 Å². The Morgan fingerprint density at radius 2 is 1.81 bits per heavy atom. The lowest BCUT2D eigenvalue weighted by Crippen LogP contribution is -2.38. The Morgan fingerprint density at radius 3 is 2.38 bits per heavy atom. The van der Waals surface area contributed by atoms with Crippen molar-refractivity contribution < 1.29 is 9.53 Å². The summed E-state index contributed by atoms with van der Waals surface area (Å²) < 4.78 is 5.33. The minimum absolute atomic E-state index is 0.124. The molecule has 0 aliphatic carbocycles. The van der Waals surface area contributed by atoms with Crippen molar-refractivity contribution in [3.05, 3.63) is 42.0 Å². The summed E-state index contributed by atoms with van der Waals surface area (Å²) in [4.78, 5) is 14.0. The lowest BCUT2D eigenvalue weighted by molar-refractivity contribution is -0.127. The van der Waals surface area contributed by atoms with Crippen LogP contribution in [-0.4, -0.2) is 36.6 Å². The van der Waals surface area contributed by atoms with Crippen LogP contribution in [0.3, 0.4) is 0 Å². The molecule has 2 aliphatic rings. The summed E-state index contributed by atoms with van der Waals surface area (Å²) >= 11 is 0. The van der Waals surface area contributed by atoms with Crippen LogP contribution in [-0.2, 0) is 9.53 Å². The molecule has 0 saturated carbocycles. The fourth-order valence-corrected chi connectivity index (χ4v) is 2.66. The normalized spacial score (nSPS) is 21.8. The van der Waals surface area contributed by atoms with Gasteiger partial charge in [-0.25, -0.2) is 0 Å². The smallest absolute Gasteiger partial charge is 0.246 e. The van der Waals surface area contributed by atoms with E-state index in [-0.39, 0.29) is 5.91 Å². The maximum Gasteiger partial charge on any atom is 0.246 e. The standard InChI is InChI=1S/C16H19NO2.C2H6/c18-16(7-6-13-4-2-1-3-5-13)17-10-8-14(9-11-17)15-12-19-15;1-2/h1-7,14-15H,8-12H2;1-2H3/b7-6+;. The highest BCUT2D eigenvalue weighted by atomic mass is 16.6. The van der Waals surface area contributed by atoms with Crippen LogP contribution in [0.2, 0.25) is 0 Å². The van der Waals surface area contributed by atoms with Crippen LogP contribution in [0.15, 0.2) is 36.4 Å². The maximum absolute atomic E-state index is 12.1. The third-order valence-corrected chi connectivity index (χ3v) is 3.95. The first-order valence-electron chi connectivity index (χ1n) is 7.96. The average molecular weight is 287 g/mol. The van der Waals surface area contributed by atoms with Crippen molar-refractivity contribution >= 4 is 12.0 Å². The highest BCUT2D eigenvalue weighted by molar-refractivity contribution is 5.91. The molecule has 21 heavy (non-hydrogen) atoms. The lowest BCUT2D eigenvalue weighted by atomic mass is 9.94. The van der Waals surface area contributed by atoms with Crippen molar-refractivity contribution in [2.24, 2.45) is 5.92 Å². The molecule has 0 aromatic heterocycles. The van der Waals surface area contributed by atoms with Crippen LogP contribution in [0.4, 0.5) is 0 Å². The summed E-state index contributed by atoms with van der Waals surface area (Å²) in [6, 6.07) is 9.93. The van der Waals surface area contributed by atoms with Crippen molar-refractivity contribution in [1.29, 1.82) is 0 Å². The number of likely N-dealkylation sites (tertiary alicyclic amines) is 1. The largest absolute Gasteiger partial charge is 0.373 e. The molecule has 1 aromatic rings. The van der Waals surface area contributed by atoms with Crippen molar-refractivity contribution in [2.75, 3.05) is 19.7 Å². The second-order valence-corrected chi connectivity index (χ2v) is 5.28. The van der Waals surface area contributed by atoms with Gasteiger partial charge in [0.1, 0.15) is 0 Å². The predicted octanol–water partition coefficient (Wildman–Crippen LogP) is 3.36. The Kier molecular flexibility index (Phi) is 6.00. The van der Waals surface area contributed by atoms with Gasteiger partial charge in [-0.2, -0.15) is 0 Å². The number of amides is 1. The molecule has 2 fully saturated rings. The van der Waals surface area contributed by atoms with E-state index in [4.69, 9.17) is 4.74 Å². The Labute approximate surface area is 127 Å². The van der Waals surface area contributed by atoms with Crippen LogP contribution in [0, 0.1) is 5.92 Å². The van der Waals surface area contributed by atoms with E-state index >= 15 is 0 Å². The highest BCUT2D eigenvalue weighted by Crippen LogP contribution is 2.29. The fourth-order valence-electron chi connectivity index (χ4n) is 2.66. The first kappa shape index (κ1) is 15.8. The molecular weight excluding hydrogens is 262 g/mol. The van der Waals surface area contributed by atoms with Crippen molar-refractivity contribution in [3.63, 3.8) is 0 Å². The SMILES string of the molecule is CC.O=C(/C=C/c1ccccc1)N1CCC(C2CO2)CC1. The molecule has 0 radical (unpaired) electrons. The summed E-state index contributed by atoms with van der Waals surface area (Å²) in [5.41, 5.74) is 1.07. The maximum atomic E-state index is 12.1. The lowest BCUT2D eigenvalue weighted by Gasteiger charge is -2.30. The molecule has 1 unspecified atom stereocenters. The molecule has 2 saturated heterocycles. The summed E-state index contributed by atoms with van der Waals surface area (Å²) in [5, 5.41) is 0. The van der Waals surface area contributed by atoms with Crippen LogP contribution in [0.25, 0.3) is 6.08 Å². The summed E-state index contributed by atoms with van der Waals surface area (Å²) in [5.74, 6) is 0.793. The molecule has 0 bridgehead atoms. The van der Waals surface area contributed by atoms with Gasteiger partial charge in [0.2, 0.25) is 5.91 Å². The number of nitrogens with zero attached hydrogens (tertiary/aromatic N) is 1. The number of hydrogen-bond acceptors (Lipinski definition) is 2. The molecule has 1 aromatic carbocycles. The molecule has 3 nitrogen and oxygen atoms in total. The van der Waals surface area contributed by atoms with E-state index in [1.54, 1.807) is 6.08 Å². The quantitative estimate of drug-likeness (QED) is 0.631. The zero-order valence-corrected chi connectivity index (χ0v) is 13.0. The van der Waals surface area contributed by atoms with Crippen LogP contribution in [0.1, 0.15) is 32.3 Å². The van der Waals surface area contributed by atoms with Crippen molar-refractivity contribution in [3.8, 4) is 0 Å². The number of hydrogen-bond donors (Lipinski definition) is 0. The molecule has 3 heteroatoms. The van der Waals surface area contributed by atoms with Gasteiger partial charge in [0.15, 0.2) is 0 Å². The van der Waals surface area contributed by atoms with Gasteiger partial charge in [-0.15, -0.1) is 0 Å². The van der Waals surface area contributed by atoms with Crippen molar-refractivity contribution in [2.45, 2.75) is 32.8 Å². The fraction of sp³-hybridized carbons (Fsp3) is 0.500. The first-order chi connectivity index (χ1) is 10.3. The van der Waals surface area contributed by atoms with E-state index in [0.29, 0.717) is 12.0 Å². The van der Waals surface area contributed by atoms with Gasteiger partial charge in [-0.05, 0) is 30.4 Å². The van der Waals surface area contributed by atoms with E-state index in [9.17, 15) is 4.79 Å². The zero-order valence-electron chi connectivity index (χ0n) is 13.0. The van der Waals surface area contributed by atoms with E-state index < -0.39 is 0 Å². The molecule has 0 N–H and O–H groups in total. The molecule has 1 atom stereocenters. The van der Waals surface area contributed by atoms with Gasteiger partial charge in [0.25, 0.3) is 0 Å².